The first-order valence-electron chi connectivity index (χ1n) is 6.66. The summed E-state index contributed by atoms with van der Waals surface area (Å²) in [5, 5.41) is 10.9. The smallest absolute Gasteiger partial charge is 0.175 e. The largest absolute Gasteiger partial charge is 0.360 e. The van der Waals surface area contributed by atoms with Crippen LogP contribution in [0.5, 0.6) is 0 Å². The first kappa shape index (κ1) is 14.3. The molecule has 0 bridgehead atoms. The van der Waals surface area contributed by atoms with Crippen molar-refractivity contribution in [2.45, 2.75) is 13.8 Å². The molecule has 6 nitrogen and oxygen atoms in total. The molecule has 0 unspecified atom stereocenters. The molecule has 2 aromatic heterocycles. The number of anilines is 4. The fraction of sp³-hybridized carbons (Fsp3) is 0.133. The number of nitrogens with zero attached hydrogens (tertiary/aromatic N) is 3. The summed E-state index contributed by atoms with van der Waals surface area (Å²) >= 11 is 5.96. The highest BCUT2D eigenvalue weighted by Gasteiger charge is 2.05. The van der Waals surface area contributed by atoms with Crippen molar-refractivity contribution in [2.24, 2.45) is 0 Å². The summed E-state index contributed by atoms with van der Waals surface area (Å²) in [4.78, 5) is 8.36. The van der Waals surface area contributed by atoms with E-state index in [2.05, 4.69) is 25.8 Å². The molecule has 2 heterocycles. The first-order chi connectivity index (χ1) is 10.6. The monoisotopic (exact) mass is 315 g/mol. The molecule has 0 saturated heterocycles. The molecule has 0 spiro atoms. The van der Waals surface area contributed by atoms with E-state index in [0.717, 1.165) is 17.0 Å². The maximum absolute atomic E-state index is 5.96. The maximum Gasteiger partial charge on any atom is 0.175 e. The van der Waals surface area contributed by atoms with Gasteiger partial charge in [-0.15, -0.1) is 0 Å². The van der Waals surface area contributed by atoms with Gasteiger partial charge in [0.05, 0.1) is 0 Å². The van der Waals surface area contributed by atoms with Gasteiger partial charge in [0.1, 0.15) is 23.7 Å². The molecule has 2 N–H and O–H groups in total. The number of rotatable bonds is 4. The number of hydrogen-bond donors (Lipinski definition) is 2. The topological polar surface area (TPSA) is 75.9 Å². The van der Waals surface area contributed by atoms with Crippen LogP contribution < -0.4 is 10.6 Å². The Morgan fingerprint density at radius 1 is 0.955 bits per heavy atom. The Kier molecular flexibility index (Phi) is 3.93. The predicted octanol–water partition coefficient (Wildman–Crippen LogP) is 4.22. The van der Waals surface area contributed by atoms with Crippen LogP contribution in [0, 0.1) is 13.8 Å². The highest BCUT2D eigenvalue weighted by molar-refractivity contribution is 6.30. The summed E-state index contributed by atoms with van der Waals surface area (Å²) in [5.41, 5.74) is 1.97. The fourth-order valence-electron chi connectivity index (χ4n) is 1.96. The Balaban J connectivity index is 1.78. The average Bonchev–Trinajstić information content (AvgIpc) is 2.88. The lowest BCUT2D eigenvalue weighted by Gasteiger charge is -2.10. The van der Waals surface area contributed by atoms with Crippen LogP contribution in [0.2, 0.25) is 5.02 Å². The van der Waals surface area contributed by atoms with Crippen LogP contribution in [0.1, 0.15) is 11.3 Å². The average molecular weight is 316 g/mol. The second-order valence-electron chi connectivity index (χ2n) is 4.82. The highest BCUT2D eigenvalue weighted by Crippen LogP contribution is 2.24. The van der Waals surface area contributed by atoms with Crippen molar-refractivity contribution in [3.8, 4) is 0 Å². The van der Waals surface area contributed by atoms with E-state index >= 15 is 0 Å². The van der Waals surface area contributed by atoms with Crippen molar-refractivity contribution in [1.29, 1.82) is 0 Å². The molecule has 1 aromatic carbocycles. The molecule has 0 saturated carbocycles. The van der Waals surface area contributed by atoms with Crippen molar-refractivity contribution < 1.29 is 4.52 Å². The van der Waals surface area contributed by atoms with Gasteiger partial charge < -0.3 is 15.2 Å². The van der Waals surface area contributed by atoms with Gasteiger partial charge in [-0.2, -0.15) is 0 Å². The second kappa shape index (κ2) is 6.03. The van der Waals surface area contributed by atoms with Crippen molar-refractivity contribution in [3.05, 3.63) is 53.0 Å². The summed E-state index contributed by atoms with van der Waals surface area (Å²) in [5.74, 6) is 2.62. The molecule has 7 heteroatoms. The lowest BCUT2D eigenvalue weighted by atomic mass is 10.2. The van der Waals surface area contributed by atoms with Crippen LogP contribution in [-0.2, 0) is 0 Å². The molecule has 3 aromatic rings. The van der Waals surface area contributed by atoms with E-state index < -0.39 is 0 Å². The zero-order valence-corrected chi connectivity index (χ0v) is 12.8. The minimum Gasteiger partial charge on any atom is -0.360 e. The maximum atomic E-state index is 5.96. The van der Waals surface area contributed by atoms with E-state index in [-0.39, 0.29) is 0 Å². The minimum atomic E-state index is 0.602. The fourth-order valence-corrected chi connectivity index (χ4v) is 2.18. The summed E-state index contributed by atoms with van der Waals surface area (Å²) in [6.45, 7) is 3.81. The summed E-state index contributed by atoms with van der Waals surface area (Å²) < 4.78 is 5.01. The summed E-state index contributed by atoms with van der Waals surface area (Å²) in [6, 6.07) is 9.21. The Bertz CT molecular complexity index is 802. The number of aromatic nitrogens is 3. The standard InChI is InChI=1S/C15H14ClN5O/c1-9-5-11(16)3-4-12(9)19-13-7-14(18-8-17-13)20-15-6-10(2)22-21-15/h3-8H,1-2H3,(H2,17,18,19,20,21). The van der Waals surface area contributed by atoms with E-state index in [1.807, 2.05) is 32.0 Å². The number of nitrogens with one attached hydrogen (secondary N) is 2. The van der Waals surface area contributed by atoms with Gasteiger partial charge in [0.2, 0.25) is 0 Å². The molecule has 112 valence electrons. The lowest BCUT2D eigenvalue weighted by molar-refractivity contribution is 0.400. The predicted molar refractivity (Wildman–Crippen MR) is 86.0 cm³/mol. The molecular formula is C15H14ClN5O. The number of halogens is 1. The van der Waals surface area contributed by atoms with E-state index in [1.165, 1.54) is 6.33 Å². The van der Waals surface area contributed by atoms with Crippen molar-refractivity contribution >= 4 is 34.7 Å². The van der Waals surface area contributed by atoms with Crippen LogP contribution in [0.4, 0.5) is 23.1 Å². The van der Waals surface area contributed by atoms with E-state index in [1.54, 1.807) is 12.1 Å². The number of aryl methyl sites for hydroxylation is 2. The molecule has 0 fully saturated rings. The lowest BCUT2D eigenvalue weighted by Crippen LogP contribution is -1.99. The molecule has 0 atom stereocenters. The van der Waals surface area contributed by atoms with Crippen molar-refractivity contribution in [2.75, 3.05) is 10.6 Å². The van der Waals surface area contributed by atoms with Gasteiger partial charge in [0.25, 0.3) is 0 Å². The first-order valence-corrected chi connectivity index (χ1v) is 7.03. The second-order valence-corrected chi connectivity index (χ2v) is 5.26. The third-order valence-electron chi connectivity index (χ3n) is 3.00. The normalized spacial score (nSPS) is 10.5. The van der Waals surface area contributed by atoms with Gasteiger partial charge in [-0.05, 0) is 37.6 Å². The Morgan fingerprint density at radius 3 is 2.41 bits per heavy atom. The Labute approximate surface area is 132 Å². The van der Waals surface area contributed by atoms with Crippen LogP contribution in [0.25, 0.3) is 0 Å². The van der Waals surface area contributed by atoms with Crippen LogP contribution in [0.3, 0.4) is 0 Å². The quantitative estimate of drug-likeness (QED) is 0.750. The molecule has 0 aliphatic rings. The minimum absolute atomic E-state index is 0.602. The Hall–Kier alpha value is -2.60. The summed E-state index contributed by atoms with van der Waals surface area (Å²) in [7, 11) is 0. The highest BCUT2D eigenvalue weighted by atomic mass is 35.5. The van der Waals surface area contributed by atoms with Crippen LogP contribution >= 0.6 is 11.6 Å². The van der Waals surface area contributed by atoms with E-state index in [0.29, 0.717) is 22.5 Å². The number of benzene rings is 1. The van der Waals surface area contributed by atoms with Crippen LogP contribution in [-0.4, -0.2) is 15.1 Å². The van der Waals surface area contributed by atoms with Gasteiger partial charge >= 0.3 is 0 Å². The van der Waals surface area contributed by atoms with Crippen molar-refractivity contribution in [3.63, 3.8) is 0 Å². The molecular weight excluding hydrogens is 302 g/mol. The van der Waals surface area contributed by atoms with E-state index in [4.69, 9.17) is 16.1 Å². The van der Waals surface area contributed by atoms with Crippen molar-refractivity contribution in [1.82, 2.24) is 15.1 Å². The van der Waals surface area contributed by atoms with Gasteiger partial charge in [-0.1, -0.05) is 16.8 Å². The zero-order valence-electron chi connectivity index (χ0n) is 12.1. The van der Waals surface area contributed by atoms with Gasteiger partial charge in [0.15, 0.2) is 5.82 Å². The zero-order chi connectivity index (χ0) is 15.5. The van der Waals surface area contributed by atoms with Gasteiger partial charge in [-0.25, -0.2) is 9.97 Å². The molecule has 3 rings (SSSR count). The SMILES string of the molecule is Cc1cc(Nc2cc(Nc3ccc(Cl)cc3C)ncn2)no1. The van der Waals surface area contributed by atoms with Crippen LogP contribution in [0.15, 0.2) is 41.2 Å². The third kappa shape index (κ3) is 3.35. The Morgan fingerprint density at radius 2 is 1.73 bits per heavy atom. The van der Waals surface area contributed by atoms with E-state index in [9.17, 15) is 0 Å². The molecule has 0 amide bonds. The molecule has 0 aliphatic carbocycles. The number of hydrogen-bond acceptors (Lipinski definition) is 6. The third-order valence-corrected chi connectivity index (χ3v) is 3.24. The van der Waals surface area contributed by atoms with Gasteiger partial charge in [0, 0.05) is 22.8 Å². The molecule has 0 radical (unpaired) electrons. The summed E-state index contributed by atoms with van der Waals surface area (Å²) in [6.07, 6.45) is 1.48. The van der Waals surface area contributed by atoms with Gasteiger partial charge in [-0.3, -0.25) is 0 Å². The molecule has 0 aliphatic heterocycles. The molecule has 22 heavy (non-hydrogen) atoms.